The van der Waals surface area contributed by atoms with E-state index in [-0.39, 0.29) is 23.3 Å². The number of nitrogens with two attached hydrogens (primary N) is 3. The molecule has 2 rings (SSSR count). The van der Waals surface area contributed by atoms with Crippen molar-refractivity contribution in [3.05, 3.63) is 27.6 Å². The van der Waals surface area contributed by atoms with E-state index in [1.807, 2.05) is 17.5 Å². The van der Waals surface area contributed by atoms with E-state index in [1.165, 1.54) is 0 Å². The van der Waals surface area contributed by atoms with E-state index < -0.39 is 0 Å². The smallest absolute Gasteiger partial charge is 0.263 e. The number of hydrogen-bond donors (Lipinski definition) is 4. The van der Waals surface area contributed by atoms with Gasteiger partial charge in [0, 0.05) is 4.88 Å². The van der Waals surface area contributed by atoms with Gasteiger partial charge in [0.15, 0.2) is 5.82 Å². The minimum atomic E-state index is -0.191. The Morgan fingerprint density at radius 2 is 2.12 bits per heavy atom. The van der Waals surface area contributed by atoms with Crippen LogP contribution >= 0.6 is 11.3 Å². The number of hydrogen-bond acceptors (Lipinski definition) is 7. The van der Waals surface area contributed by atoms with Crippen LogP contribution in [0.25, 0.3) is 0 Å². The molecule has 8 heteroatoms. The van der Waals surface area contributed by atoms with Gasteiger partial charge in [-0.05, 0) is 11.4 Å². The molecule has 0 aliphatic heterocycles. The van der Waals surface area contributed by atoms with E-state index in [4.69, 9.17) is 17.2 Å². The largest absolute Gasteiger partial charge is 0.740 e. The second kappa shape index (κ2) is 4.34. The van der Waals surface area contributed by atoms with E-state index >= 15 is 0 Å². The summed E-state index contributed by atoms with van der Waals surface area (Å²) >= 11 is 1.59. The van der Waals surface area contributed by atoms with E-state index in [1.54, 1.807) is 11.3 Å². The molecule has 0 radical (unpaired) electrons. The Balaban J connectivity index is 2.22. The lowest BCUT2D eigenvalue weighted by Crippen LogP contribution is -2.36. The molecule has 0 saturated carbocycles. The number of nitrogen functional groups attached to an aromatic ring is 3. The molecule has 0 bridgehead atoms. The summed E-state index contributed by atoms with van der Waals surface area (Å²) in [6.45, 7) is 0.526. The van der Waals surface area contributed by atoms with Crippen molar-refractivity contribution in [2.75, 3.05) is 22.5 Å². The fourth-order valence-electron chi connectivity index (χ4n) is 1.28. The lowest BCUT2D eigenvalue weighted by atomic mass is 10.4. The third kappa shape index (κ3) is 2.16. The third-order valence-electron chi connectivity index (χ3n) is 2.19. The second-order valence-electron chi connectivity index (χ2n) is 3.34. The van der Waals surface area contributed by atoms with Gasteiger partial charge in [0.1, 0.15) is 0 Å². The molecule has 90 valence electrons. The first-order valence-electron chi connectivity index (χ1n) is 4.80. The van der Waals surface area contributed by atoms with Crippen molar-refractivity contribution in [3.8, 4) is 0 Å². The zero-order chi connectivity index (χ0) is 12.4. The van der Waals surface area contributed by atoms with Gasteiger partial charge in [-0.2, -0.15) is 0 Å². The molecule has 7 nitrogen and oxygen atoms in total. The summed E-state index contributed by atoms with van der Waals surface area (Å²) < 4.78 is 0.360. The molecule has 7 N–H and O–H groups in total. The Bertz CT molecular complexity index is 527. The maximum atomic E-state index is 11.5. The van der Waals surface area contributed by atoms with Gasteiger partial charge in [-0.3, -0.25) is 0 Å². The summed E-state index contributed by atoms with van der Waals surface area (Å²) in [5.41, 5.74) is 16.5. The van der Waals surface area contributed by atoms with Crippen molar-refractivity contribution < 1.29 is 4.73 Å². The molecule has 0 unspecified atom stereocenters. The number of nitrogens with one attached hydrogen (secondary N) is 1. The molecule has 0 aromatic carbocycles. The minimum absolute atomic E-state index is 0.0390. The topological polar surface area (TPSA) is 130 Å². The molecule has 0 atom stereocenters. The van der Waals surface area contributed by atoms with Gasteiger partial charge in [-0.25, -0.2) is 9.71 Å². The van der Waals surface area contributed by atoms with Crippen LogP contribution in [0.2, 0.25) is 0 Å². The summed E-state index contributed by atoms with van der Waals surface area (Å²) in [7, 11) is 0. The Labute approximate surface area is 101 Å². The Kier molecular flexibility index (Phi) is 2.88. The molecule has 0 aliphatic rings. The lowest BCUT2D eigenvalue weighted by Gasteiger charge is -2.14. The molecular weight excluding hydrogens is 240 g/mol. The maximum absolute atomic E-state index is 11.5. The van der Waals surface area contributed by atoms with Crippen LogP contribution in [0.4, 0.5) is 23.3 Å². The van der Waals surface area contributed by atoms with Crippen LogP contribution < -0.4 is 27.2 Å². The first-order valence-corrected chi connectivity index (χ1v) is 5.67. The van der Waals surface area contributed by atoms with Gasteiger partial charge in [-0.15, -0.1) is 11.3 Å². The van der Waals surface area contributed by atoms with Gasteiger partial charge in [0.05, 0.1) is 6.54 Å². The molecule has 0 fully saturated rings. The molecule has 2 heterocycles. The molecule has 2 aromatic rings. The van der Waals surface area contributed by atoms with Crippen molar-refractivity contribution in [1.82, 2.24) is 4.98 Å². The highest BCUT2D eigenvalue weighted by atomic mass is 32.1. The van der Waals surface area contributed by atoms with E-state index in [0.29, 0.717) is 11.3 Å². The molecular formula is C9H12N6OS. The third-order valence-corrected chi connectivity index (χ3v) is 3.06. The highest BCUT2D eigenvalue weighted by molar-refractivity contribution is 7.09. The van der Waals surface area contributed by atoms with Gasteiger partial charge < -0.3 is 27.7 Å². The van der Waals surface area contributed by atoms with Crippen LogP contribution in [0, 0.1) is 5.21 Å². The quantitative estimate of drug-likeness (QED) is 0.454. The Morgan fingerprint density at radius 1 is 1.35 bits per heavy atom. The zero-order valence-corrected chi connectivity index (χ0v) is 9.70. The summed E-state index contributed by atoms with van der Waals surface area (Å²) in [5.74, 6) is -0.0830. The van der Waals surface area contributed by atoms with Crippen LogP contribution in [0.15, 0.2) is 17.5 Å². The van der Waals surface area contributed by atoms with Gasteiger partial charge in [0.2, 0.25) is 5.82 Å². The average molecular weight is 252 g/mol. The van der Waals surface area contributed by atoms with Gasteiger partial charge >= 0.3 is 0 Å². The standard InChI is InChI=1S/C9H12N6OS/c10-6-7(11)15(16)8(12)9(14-6)13-4-5-2-1-3-17-5/h1-3H,4,11-12H2,(H3,10,13,14). The van der Waals surface area contributed by atoms with Crippen LogP contribution in [0.3, 0.4) is 0 Å². The number of rotatable bonds is 3. The lowest BCUT2D eigenvalue weighted by molar-refractivity contribution is -0.573. The predicted octanol–water partition coefficient (Wildman–Crippen LogP) is 0.135. The predicted molar refractivity (Wildman–Crippen MR) is 68.1 cm³/mol. The summed E-state index contributed by atoms with van der Waals surface area (Å²) in [4.78, 5) is 5.03. The highest BCUT2D eigenvalue weighted by Crippen LogP contribution is 2.18. The van der Waals surface area contributed by atoms with Crippen molar-refractivity contribution in [3.63, 3.8) is 0 Å². The molecule has 0 aliphatic carbocycles. The summed E-state index contributed by atoms with van der Waals surface area (Å²) in [5, 5.41) is 16.4. The summed E-state index contributed by atoms with van der Waals surface area (Å²) in [6, 6.07) is 3.89. The van der Waals surface area contributed by atoms with Crippen molar-refractivity contribution >= 4 is 34.6 Å². The van der Waals surface area contributed by atoms with Crippen molar-refractivity contribution in [1.29, 1.82) is 0 Å². The van der Waals surface area contributed by atoms with E-state index in [0.717, 1.165) is 4.88 Å². The second-order valence-corrected chi connectivity index (χ2v) is 4.38. The minimum Gasteiger partial charge on any atom is -0.740 e. The van der Waals surface area contributed by atoms with Crippen molar-refractivity contribution in [2.45, 2.75) is 6.54 Å². The Morgan fingerprint density at radius 3 is 2.76 bits per heavy atom. The first-order chi connectivity index (χ1) is 8.09. The molecule has 17 heavy (non-hydrogen) atoms. The zero-order valence-electron chi connectivity index (χ0n) is 8.88. The van der Waals surface area contributed by atoms with Gasteiger partial charge in [0.25, 0.3) is 11.6 Å². The normalized spacial score (nSPS) is 10.4. The molecule has 0 amide bonds. The van der Waals surface area contributed by atoms with Crippen LogP contribution in [0.5, 0.6) is 0 Å². The van der Waals surface area contributed by atoms with Gasteiger partial charge in [-0.1, -0.05) is 6.07 Å². The summed E-state index contributed by atoms with van der Waals surface area (Å²) in [6.07, 6.45) is 0. The number of aromatic nitrogens is 2. The van der Waals surface area contributed by atoms with Crippen LogP contribution in [-0.2, 0) is 6.54 Å². The van der Waals surface area contributed by atoms with E-state index in [9.17, 15) is 5.21 Å². The SMILES string of the molecule is Nc1nc(NCc2cccs2)c(N)[n+]([O-])c1N. The average Bonchev–Trinajstić information content (AvgIpc) is 2.82. The fourth-order valence-corrected chi connectivity index (χ4v) is 1.92. The molecule has 0 spiro atoms. The number of thiophene rings is 1. The molecule has 0 saturated heterocycles. The van der Waals surface area contributed by atoms with Crippen LogP contribution in [-0.4, -0.2) is 4.98 Å². The fraction of sp³-hybridized carbons (Fsp3) is 0.111. The molecule has 2 aromatic heterocycles. The van der Waals surface area contributed by atoms with Crippen molar-refractivity contribution in [2.24, 2.45) is 0 Å². The number of anilines is 4. The highest BCUT2D eigenvalue weighted by Gasteiger charge is 2.13. The first kappa shape index (κ1) is 11.3. The Hall–Kier alpha value is -2.22. The maximum Gasteiger partial charge on any atom is 0.263 e. The van der Waals surface area contributed by atoms with E-state index in [2.05, 4.69) is 10.3 Å². The number of nitrogens with zero attached hydrogens (tertiary/aromatic N) is 2. The van der Waals surface area contributed by atoms with Crippen LogP contribution in [0.1, 0.15) is 4.88 Å². The monoisotopic (exact) mass is 252 g/mol.